The van der Waals surface area contributed by atoms with E-state index < -0.39 is 0 Å². The van der Waals surface area contributed by atoms with E-state index in [9.17, 15) is 0 Å². The molecule has 1 rings (SSSR count). The van der Waals surface area contributed by atoms with Crippen molar-refractivity contribution in [1.82, 2.24) is 0 Å². The molecule has 1 unspecified atom stereocenters. The van der Waals surface area contributed by atoms with Gasteiger partial charge in [-0.2, -0.15) is 0 Å². The average molecular weight is 122 g/mol. The molecule has 1 aliphatic heterocycles. The minimum absolute atomic E-state index is 0.00463. The first-order valence-corrected chi connectivity index (χ1v) is 3.15. The van der Waals surface area contributed by atoms with Crippen LogP contribution in [0.5, 0.6) is 0 Å². The zero-order valence-electron chi connectivity index (χ0n) is 3.10. The Morgan fingerprint density at radius 2 is 2.83 bits per heavy atom. The molecule has 6 heavy (non-hydrogen) atoms. The highest BCUT2D eigenvalue weighted by atomic mass is 35.5. The summed E-state index contributed by atoms with van der Waals surface area (Å²) in [5.41, 5.74) is 0. The average Bonchev–Trinajstić information content (AvgIpc) is 1.86. The van der Waals surface area contributed by atoms with Gasteiger partial charge < -0.3 is 0 Å². The monoisotopic (exact) mass is 121 g/mol. The summed E-state index contributed by atoms with van der Waals surface area (Å²) in [6.45, 7) is 0. The number of rotatable bonds is 0. The maximum Gasteiger partial charge on any atom is 0.169 e. The zero-order valence-corrected chi connectivity index (χ0v) is 4.67. The molecule has 0 N–H and O–H groups in total. The molecule has 3 heteroatoms. The van der Waals surface area contributed by atoms with E-state index >= 15 is 0 Å². The molecule has 0 fully saturated rings. The van der Waals surface area contributed by atoms with Gasteiger partial charge in [0.05, 0.1) is 0 Å². The summed E-state index contributed by atoms with van der Waals surface area (Å²) >= 11 is 7.12. The molecule has 0 aromatic rings. The molecular formula is C3H4ClNS. The summed E-state index contributed by atoms with van der Waals surface area (Å²) in [6.07, 6.45) is 1.84. The topological polar surface area (TPSA) is 12.4 Å². The summed E-state index contributed by atoms with van der Waals surface area (Å²) in [7, 11) is 0. The molecule has 1 nitrogen and oxygen atoms in total. The molecule has 0 spiro atoms. The van der Waals surface area contributed by atoms with Crippen LogP contribution in [0.4, 0.5) is 0 Å². The first kappa shape index (κ1) is 4.47. The standard InChI is InChI=1S/C3H4ClNS/c4-3-5-1-2-6-3/h1,3H,2H2. The van der Waals surface area contributed by atoms with Crippen molar-refractivity contribution in [3.8, 4) is 0 Å². The molecule has 0 bridgehead atoms. The molecule has 1 aliphatic rings. The van der Waals surface area contributed by atoms with Crippen LogP contribution < -0.4 is 0 Å². The molecule has 0 saturated heterocycles. The third kappa shape index (κ3) is 0.884. The van der Waals surface area contributed by atoms with E-state index in [4.69, 9.17) is 11.6 Å². The lowest BCUT2D eigenvalue weighted by Crippen LogP contribution is -1.72. The zero-order chi connectivity index (χ0) is 4.41. The number of aliphatic imine (C=N–C) groups is 1. The maximum absolute atomic E-state index is 5.48. The fraction of sp³-hybridized carbons (Fsp3) is 0.667. The van der Waals surface area contributed by atoms with Gasteiger partial charge in [0.25, 0.3) is 0 Å². The number of hydrogen-bond acceptors (Lipinski definition) is 2. The second kappa shape index (κ2) is 1.85. The fourth-order valence-electron chi connectivity index (χ4n) is 0.291. The third-order valence-electron chi connectivity index (χ3n) is 0.531. The fourth-order valence-corrected chi connectivity index (χ4v) is 1.09. The molecule has 1 heterocycles. The van der Waals surface area contributed by atoms with Gasteiger partial charge in [0, 0.05) is 12.0 Å². The molecule has 0 amide bonds. The lowest BCUT2D eigenvalue weighted by molar-refractivity contribution is 1.32. The Kier molecular flexibility index (Phi) is 1.37. The van der Waals surface area contributed by atoms with Crippen molar-refractivity contribution in [2.24, 2.45) is 4.99 Å². The Balaban J connectivity index is 2.38. The maximum atomic E-state index is 5.48. The van der Waals surface area contributed by atoms with E-state index in [-0.39, 0.29) is 4.83 Å². The van der Waals surface area contributed by atoms with Gasteiger partial charge in [-0.15, -0.1) is 11.8 Å². The van der Waals surface area contributed by atoms with Gasteiger partial charge in [-0.25, -0.2) is 0 Å². The first-order valence-electron chi connectivity index (χ1n) is 1.67. The summed E-state index contributed by atoms with van der Waals surface area (Å²) < 4.78 is 0. The summed E-state index contributed by atoms with van der Waals surface area (Å²) in [6, 6.07) is 0. The van der Waals surface area contributed by atoms with Gasteiger partial charge in [-0.05, 0) is 0 Å². The number of hydrogen-bond donors (Lipinski definition) is 0. The van der Waals surface area contributed by atoms with Gasteiger partial charge in [-0.1, -0.05) is 11.6 Å². The molecular weight excluding hydrogens is 118 g/mol. The van der Waals surface area contributed by atoms with Crippen molar-refractivity contribution < 1.29 is 0 Å². The van der Waals surface area contributed by atoms with E-state index in [1.807, 2.05) is 6.21 Å². The van der Waals surface area contributed by atoms with E-state index in [0.29, 0.717) is 0 Å². The van der Waals surface area contributed by atoms with Crippen LogP contribution in [0.2, 0.25) is 0 Å². The largest absolute Gasteiger partial charge is 0.266 e. The van der Waals surface area contributed by atoms with E-state index in [1.54, 1.807) is 11.8 Å². The lowest BCUT2D eigenvalue weighted by Gasteiger charge is -1.85. The van der Waals surface area contributed by atoms with Crippen molar-refractivity contribution in [1.29, 1.82) is 0 Å². The van der Waals surface area contributed by atoms with Gasteiger partial charge in [-0.3, -0.25) is 4.99 Å². The minimum Gasteiger partial charge on any atom is -0.266 e. The second-order valence-corrected chi connectivity index (χ2v) is 2.74. The van der Waals surface area contributed by atoms with E-state index in [2.05, 4.69) is 4.99 Å². The Morgan fingerprint density at radius 3 is 3.00 bits per heavy atom. The van der Waals surface area contributed by atoms with Crippen LogP contribution in [0.25, 0.3) is 0 Å². The first-order chi connectivity index (χ1) is 2.89. The molecule has 0 radical (unpaired) electrons. The highest BCUT2D eigenvalue weighted by molar-refractivity contribution is 8.01. The minimum atomic E-state index is 0.00463. The molecule has 0 saturated carbocycles. The van der Waals surface area contributed by atoms with E-state index in [1.165, 1.54) is 0 Å². The summed E-state index contributed by atoms with van der Waals surface area (Å²) in [4.78, 5) is 3.84. The van der Waals surface area contributed by atoms with Gasteiger partial charge in [0.1, 0.15) is 0 Å². The number of thioether (sulfide) groups is 1. The number of nitrogens with zero attached hydrogens (tertiary/aromatic N) is 1. The van der Waals surface area contributed by atoms with Crippen molar-refractivity contribution in [2.45, 2.75) is 4.83 Å². The lowest BCUT2D eigenvalue weighted by atomic mass is 10.9. The van der Waals surface area contributed by atoms with Crippen LogP contribution in [0, 0.1) is 0 Å². The van der Waals surface area contributed by atoms with Crippen LogP contribution >= 0.6 is 23.4 Å². The Labute approximate surface area is 45.8 Å². The van der Waals surface area contributed by atoms with Crippen molar-refractivity contribution in [3.05, 3.63) is 0 Å². The van der Waals surface area contributed by atoms with Gasteiger partial charge in [0.2, 0.25) is 0 Å². The second-order valence-electron chi connectivity index (χ2n) is 0.957. The van der Waals surface area contributed by atoms with Crippen molar-refractivity contribution in [2.75, 3.05) is 5.75 Å². The number of halogens is 1. The van der Waals surface area contributed by atoms with Crippen LogP contribution in [0.15, 0.2) is 4.99 Å². The van der Waals surface area contributed by atoms with Crippen LogP contribution in [-0.4, -0.2) is 16.8 Å². The van der Waals surface area contributed by atoms with Crippen molar-refractivity contribution >= 4 is 29.6 Å². The molecule has 1 atom stereocenters. The van der Waals surface area contributed by atoms with Crippen LogP contribution in [0.1, 0.15) is 0 Å². The van der Waals surface area contributed by atoms with Crippen LogP contribution in [-0.2, 0) is 0 Å². The normalized spacial score (nSPS) is 31.8. The Hall–Kier alpha value is 0.310. The van der Waals surface area contributed by atoms with Gasteiger partial charge in [0.15, 0.2) is 4.83 Å². The van der Waals surface area contributed by atoms with Gasteiger partial charge >= 0.3 is 0 Å². The summed E-state index contributed by atoms with van der Waals surface area (Å²) in [5, 5.41) is 0. The Bertz CT molecular complexity index is 73.2. The van der Waals surface area contributed by atoms with Crippen molar-refractivity contribution in [3.63, 3.8) is 0 Å². The molecule has 0 aliphatic carbocycles. The molecule has 0 aromatic carbocycles. The highest BCUT2D eigenvalue weighted by Gasteiger charge is 2.03. The smallest absolute Gasteiger partial charge is 0.169 e. The van der Waals surface area contributed by atoms with E-state index in [0.717, 1.165) is 5.75 Å². The third-order valence-corrected chi connectivity index (χ3v) is 1.76. The Morgan fingerprint density at radius 1 is 2.00 bits per heavy atom. The molecule has 34 valence electrons. The summed E-state index contributed by atoms with van der Waals surface area (Å²) in [5.74, 6) is 0.980. The SMILES string of the molecule is ClC1N=CCS1. The predicted molar refractivity (Wildman–Crippen MR) is 30.6 cm³/mol. The predicted octanol–water partition coefficient (Wildman–Crippen LogP) is 1.33. The number of alkyl halides is 1. The highest BCUT2D eigenvalue weighted by Crippen LogP contribution is 2.19. The quantitative estimate of drug-likeness (QED) is 0.348. The molecule has 0 aromatic heterocycles. The van der Waals surface area contributed by atoms with Crippen LogP contribution in [0.3, 0.4) is 0 Å².